The van der Waals surface area contributed by atoms with E-state index < -0.39 is 0 Å². The molecule has 2 rings (SSSR count). The maximum Gasteiger partial charge on any atom is 0.168 e. The highest BCUT2D eigenvalue weighted by molar-refractivity contribution is 7.99. The van der Waals surface area contributed by atoms with Crippen LogP contribution in [0.1, 0.15) is 12.8 Å². The third kappa shape index (κ3) is 3.02. The fraction of sp³-hybridized carbons (Fsp3) is 0.500. The van der Waals surface area contributed by atoms with Crippen molar-refractivity contribution in [3.05, 3.63) is 12.1 Å². The number of thioether (sulfide) groups is 1. The van der Waals surface area contributed by atoms with Crippen LogP contribution < -0.4 is 15.2 Å². The summed E-state index contributed by atoms with van der Waals surface area (Å²) in [5.74, 6) is 2.46. The summed E-state index contributed by atoms with van der Waals surface area (Å²) in [4.78, 5) is 4.65. The Morgan fingerprint density at radius 3 is 2.55 bits per heavy atom. The number of unbranched alkanes of at least 4 members (excludes halogenated alkanes) is 1. The molecule has 2 N–H and O–H groups in total. The Morgan fingerprint density at radius 2 is 1.90 bits per heavy atom. The van der Waals surface area contributed by atoms with Gasteiger partial charge in [-0.05, 0) is 19.4 Å². The molecule has 1 heterocycles. The number of methoxy groups -OCH3 is 2. The minimum atomic E-state index is 0.706. The van der Waals surface area contributed by atoms with Gasteiger partial charge in [0.05, 0.1) is 25.3 Å². The highest BCUT2D eigenvalue weighted by Gasteiger charge is 2.13. The van der Waals surface area contributed by atoms with Crippen molar-refractivity contribution >= 4 is 22.8 Å². The minimum absolute atomic E-state index is 0.706. The van der Waals surface area contributed by atoms with Crippen molar-refractivity contribution in [3.8, 4) is 11.5 Å². The maximum atomic E-state index is 5.51. The Morgan fingerprint density at radius 1 is 1.20 bits per heavy atom. The lowest BCUT2D eigenvalue weighted by Gasteiger charge is -2.07. The first kappa shape index (κ1) is 15.0. The molecule has 0 radical (unpaired) electrons. The topological polar surface area (TPSA) is 62.3 Å². The second-order valence-corrected chi connectivity index (χ2v) is 5.56. The van der Waals surface area contributed by atoms with Gasteiger partial charge in [0.2, 0.25) is 0 Å². The largest absolute Gasteiger partial charge is 0.493 e. The Balaban J connectivity index is 2.27. The normalized spacial score (nSPS) is 11.0. The van der Waals surface area contributed by atoms with E-state index in [2.05, 4.69) is 9.55 Å². The maximum absolute atomic E-state index is 5.51. The Labute approximate surface area is 123 Å². The first-order valence-corrected chi connectivity index (χ1v) is 7.61. The smallest absolute Gasteiger partial charge is 0.168 e. The summed E-state index contributed by atoms with van der Waals surface area (Å²) >= 11 is 1.75. The molecule has 0 aliphatic carbocycles. The highest BCUT2D eigenvalue weighted by Crippen LogP contribution is 2.33. The number of aromatic nitrogens is 2. The highest BCUT2D eigenvalue weighted by atomic mass is 32.2. The zero-order valence-electron chi connectivity index (χ0n) is 12.2. The Hall–Kier alpha value is -1.40. The van der Waals surface area contributed by atoms with Crippen LogP contribution in [0.3, 0.4) is 0 Å². The van der Waals surface area contributed by atoms with Crippen LogP contribution in [0.25, 0.3) is 11.0 Å². The summed E-state index contributed by atoms with van der Waals surface area (Å²) in [6, 6.07) is 3.88. The molecule has 5 nitrogen and oxygen atoms in total. The summed E-state index contributed by atoms with van der Waals surface area (Å²) in [6.07, 6.45) is 2.16. The molecule has 0 amide bonds. The molecular formula is C14H21N3O2S. The van der Waals surface area contributed by atoms with E-state index in [-0.39, 0.29) is 0 Å². The van der Waals surface area contributed by atoms with Crippen LogP contribution in [0.2, 0.25) is 0 Å². The molecule has 0 spiro atoms. The van der Waals surface area contributed by atoms with Crippen LogP contribution >= 0.6 is 11.8 Å². The molecule has 6 heteroatoms. The summed E-state index contributed by atoms with van der Waals surface area (Å²) in [5, 5.41) is 1.01. The number of hydrogen-bond acceptors (Lipinski definition) is 5. The van der Waals surface area contributed by atoms with E-state index in [0.29, 0.717) is 5.75 Å². The zero-order valence-corrected chi connectivity index (χ0v) is 13.0. The number of aryl methyl sites for hydroxylation is 1. The number of imidazole rings is 1. The van der Waals surface area contributed by atoms with Crippen LogP contribution in [0.15, 0.2) is 17.3 Å². The first-order chi connectivity index (χ1) is 9.71. The Bertz CT molecular complexity index is 583. The molecule has 0 saturated carbocycles. The van der Waals surface area contributed by atoms with Gasteiger partial charge >= 0.3 is 0 Å². The third-order valence-electron chi connectivity index (χ3n) is 3.17. The van der Waals surface area contributed by atoms with E-state index in [1.54, 1.807) is 26.0 Å². The molecule has 0 fully saturated rings. The van der Waals surface area contributed by atoms with Crippen molar-refractivity contribution in [1.29, 1.82) is 0 Å². The lowest BCUT2D eigenvalue weighted by Crippen LogP contribution is -1.99. The quantitative estimate of drug-likeness (QED) is 0.628. The van der Waals surface area contributed by atoms with Crippen molar-refractivity contribution in [3.63, 3.8) is 0 Å². The van der Waals surface area contributed by atoms with Crippen LogP contribution in [-0.4, -0.2) is 36.1 Å². The SMILES string of the molecule is COc1cc2nc(SCCCCN)n(C)c2cc1OC. The van der Waals surface area contributed by atoms with Gasteiger partial charge in [-0.3, -0.25) is 0 Å². The number of fused-ring (bicyclic) bond motifs is 1. The molecule has 0 bridgehead atoms. The summed E-state index contributed by atoms with van der Waals surface area (Å²) in [6.45, 7) is 0.748. The monoisotopic (exact) mass is 295 g/mol. The lowest BCUT2D eigenvalue weighted by atomic mass is 10.2. The lowest BCUT2D eigenvalue weighted by molar-refractivity contribution is 0.355. The van der Waals surface area contributed by atoms with Crippen molar-refractivity contribution in [1.82, 2.24) is 9.55 Å². The molecule has 1 aromatic carbocycles. The molecule has 0 unspecified atom stereocenters. The fourth-order valence-corrected chi connectivity index (χ4v) is 3.02. The average molecular weight is 295 g/mol. The summed E-state index contributed by atoms with van der Waals surface area (Å²) in [7, 11) is 5.30. The van der Waals surface area contributed by atoms with E-state index >= 15 is 0 Å². The Kier molecular flexibility index (Phi) is 5.14. The van der Waals surface area contributed by atoms with E-state index in [9.17, 15) is 0 Å². The fourth-order valence-electron chi connectivity index (χ4n) is 2.04. The number of hydrogen-bond donors (Lipinski definition) is 1. The number of benzene rings is 1. The van der Waals surface area contributed by atoms with Gasteiger partial charge in [-0.15, -0.1) is 0 Å². The second-order valence-electron chi connectivity index (χ2n) is 4.49. The van der Waals surface area contributed by atoms with Gasteiger partial charge in [0, 0.05) is 24.9 Å². The van der Waals surface area contributed by atoms with Gasteiger partial charge in [-0.1, -0.05) is 11.8 Å². The molecule has 0 saturated heterocycles. The van der Waals surface area contributed by atoms with Crippen molar-refractivity contribution < 1.29 is 9.47 Å². The summed E-state index contributed by atoms with van der Waals surface area (Å²) < 4.78 is 12.7. The molecule has 110 valence electrons. The van der Waals surface area contributed by atoms with Crippen LogP contribution in [0.5, 0.6) is 11.5 Å². The van der Waals surface area contributed by atoms with Gasteiger partial charge in [-0.25, -0.2) is 4.98 Å². The van der Waals surface area contributed by atoms with Gasteiger partial charge in [-0.2, -0.15) is 0 Å². The van der Waals surface area contributed by atoms with Crippen molar-refractivity contribution in [2.24, 2.45) is 12.8 Å². The predicted molar refractivity (Wildman–Crippen MR) is 82.8 cm³/mol. The van der Waals surface area contributed by atoms with Crippen molar-refractivity contribution in [2.45, 2.75) is 18.0 Å². The number of nitrogens with two attached hydrogens (primary N) is 1. The van der Waals surface area contributed by atoms with Crippen molar-refractivity contribution in [2.75, 3.05) is 26.5 Å². The first-order valence-electron chi connectivity index (χ1n) is 6.62. The molecule has 0 aliphatic heterocycles. The second kappa shape index (κ2) is 6.85. The van der Waals surface area contributed by atoms with Gasteiger partial charge in [0.1, 0.15) is 0 Å². The molecule has 1 aromatic heterocycles. The van der Waals surface area contributed by atoms with E-state index in [4.69, 9.17) is 15.2 Å². The molecule has 20 heavy (non-hydrogen) atoms. The average Bonchev–Trinajstić information content (AvgIpc) is 2.78. The molecule has 0 atom stereocenters. The minimum Gasteiger partial charge on any atom is -0.493 e. The van der Waals surface area contributed by atoms with Gasteiger partial charge in [0.25, 0.3) is 0 Å². The molecule has 0 aliphatic rings. The number of nitrogens with zero attached hydrogens (tertiary/aromatic N) is 2. The standard InChI is InChI=1S/C14H21N3O2S/c1-17-11-9-13(19-3)12(18-2)8-10(11)16-14(17)20-7-5-4-6-15/h8-9H,4-7,15H2,1-3H3. The summed E-state index contributed by atoms with van der Waals surface area (Å²) in [5.41, 5.74) is 7.47. The molecule has 2 aromatic rings. The predicted octanol–water partition coefficient (Wildman–Crippen LogP) is 2.42. The van der Waals surface area contributed by atoms with Gasteiger partial charge in [0.15, 0.2) is 16.7 Å². The van der Waals surface area contributed by atoms with E-state index in [1.165, 1.54) is 0 Å². The van der Waals surface area contributed by atoms with Crippen LogP contribution in [0.4, 0.5) is 0 Å². The molecular weight excluding hydrogens is 274 g/mol. The van der Waals surface area contributed by atoms with E-state index in [0.717, 1.165) is 47.1 Å². The van der Waals surface area contributed by atoms with E-state index in [1.807, 2.05) is 19.2 Å². The zero-order chi connectivity index (χ0) is 14.5. The third-order valence-corrected chi connectivity index (χ3v) is 4.29. The van der Waals surface area contributed by atoms with Crippen LogP contribution in [-0.2, 0) is 7.05 Å². The number of rotatable bonds is 7. The number of ether oxygens (including phenoxy) is 2. The van der Waals surface area contributed by atoms with Gasteiger partial charge < -0.3 is 19.8 Å². The van der Waals surface area contributed by atoms with Crippen LogP contribution in [0, 0.1) is 0 Å².